The summed E-state index contributed by atoms with van der Waals surface area (Å²) in [5, 5.41) is 11.4. The van der Waals surface area contributed by atoms with E-state index in [1.807, 2.05) is 20.8 Å². The number of urea groups is 1. The maximum Gasteiger partial charge on any atom is 0.317 e. The first-order valence-electron chi connectivity index (χ1n) is 5.58. The summed E-state index contributed by atoms with van der Waals surface area (Å²) >= 11 is 0. The molecule has 0 aromatic rings. The van der Waals surface area contributed by atoms with Gasteiger partial charge >= 0.3 is 12.0 Å². The quantitative estimate of drug-likeness (QED) is 0.764. The Morgan fingerprint density at radius 1 is 1.56 bits per heavy atom. The van der Waals surface area contributed by atoms with Gasteiger partial charge in [0.15, 0.2) is 0 Å². The number of carboxylic acid groups (broad SMARTS) is 1. The number of rotatable bonds is 3. The van der Waals surface area contributed by atoms with Crippen LogP contribution in [0.5, 0.6) is 0 Å². The van der Waals surface area contributed by atoms with Gasteiger partial charge < -0.3 is 15.3 Å². The van der Waals surface area contributed by atoms with Gasteiger partial charge in [0.2, 0.25) is 0 Å². The van der Waals surface area contributed by atoms with E-state index in [-0.39, 0.29) is 23.9 Å². The van der Waals surface area contributed by atoms with Crippen molar-refractivity contribution >= 4 is 12.0 Å². The standard InChI is InChI=1S/C11H20N2O3/c1-11(2,3)13-7-8(4-5-9(14)15)6-12-10(13)16/h8H,4-7H2,1-3H3,(H,12,16)(H,14,15). The van der Waals surface area contributed by atoms with Crippen LogP contribution in [0.25, 0.3) is 0 Å². The summed E-state index contributed by atoms with van der Waals surface area (Å²) in [4.78, 5) is 23.9. The SMILES string of the molecule is CC(C)(C)N1CC(CCC(=O)O)CNC1=O. The second-order valence-corrected chi connectivity index (χ2v) is 5.27. The lowest BCUT2D eigenvalue weighted by Gasteiger charge is -2.41. The highest BCUT2D eigenvalue weighted by Gasteiger charge is 2.32. The van der Waals surface area contributed by atoms with Crippen molar-refractivity contribution in [1.29, 1.82) is 0 Å². The van der Waals surface area contributed by atoms with Gasteiger partial charge in [-0.25, -0.2) is 4.79 Å². The molecule has 1 heterocycles. The topological polar surface area (TPSA) is 69.6 Å². The average molecular weight is 228 g/mol. The third-order valence-corrected chi connectivity index (χ3v) is 2.80. The Labute approximate surface area is 95.8 Å². The molecule has 2 amide bonds. The summed E-state index contributed by atoms with van der Waals surface area (Å²) in [6.45, 7) is 7.16. The molecule has 5 nitrogen and oxygen atoms in total. The summed E-state index contributed by atoms with van der Waals surface area (Å²) < 4.78 is 0. The average Bonchev–Trinajstić information content (AvgIpc) is 2.14. The Bertz CT molecular complexity index is 283. The van der Waals surface area contributed by atoms with Crippen molar-refractivity contribution in [1.82, 2.24) is 10.2 Å². The van der Waals surface area contributed by atoms with Crippen molar-refractivity contribution < 1.29 is 14.7 Å². The maximum absolute atomic E-state index is 11.6. The summed E-state index contributed by atoms with van der Waals surface area (Å²) in [6, 6.07) is -0.0564. The number of hydrogen-bond donors (Lipinski definition) is 2. The molecule has 5 heteroatoms. The second kappa shape index (κ2) is 4.72. The van der Waals surface area contributed by atoms with E-state index < -0.39 is 5.97 Å². The molecule has 0 radical (unpaired) electrons. The van der Waals surface area contributed by atoms with Crippen molar-refractivity contribution in [2.75, 3.05) is 13.1 Å². The molecule has 0 aromatic heterocycles. The Morgan fingerprint density at radius 2 is 2.19 bits per heavy atom. The normalized spacial score (nSPS) is 21.8. The second-order valence-electron chi connectivity index (χ2n) is 5.27. The minimum Gasteiger partial charge on any atom is -0.481 e. The number of amides is 2. The molecular weight excluding hydrogens is 208 g/mol. The van der Waals surface area contributed by atoms with Gasteiger partial charge in [-0.1, -0.05) is 0 Å². The van der Waals surface area contributed by atoms with Gasteiger partial charge in [-0.2, -0.15) is 0 Å². The molecule has 2 N–H and O–H groups in total. The Balaban J connectivity index is 2.54. The molecule has 0 aromatic carbocycles. The third kappa shape index (κ3) is 3.40. The lowest BCUT2D eigenvalue weighted by Crippen LogP contribution is -2.57. The molecule has 1 aliphatic heterocycles. The van der Waals surface area contributed by atoms with Crippen LogP contribution in [0.3, 0.4) is 0 Å². The van der Waals surface area contributed by atoms with Crippen LogP contribution in [-0.4, -0.2) is 40.6 Å². The molecule has 1 aliphatic rings. The first-order chi connectivity index (χ1) is 7.30. The highest BCUT2D eigenvalue weighted by molar-refractivity contribution is 5.75. The van der Waals surface area contributed by atoms with E-state index in [1.54, 1.807) is 4.90 Å². The first kappa shape index (κ1) is 12.8. The zero-order valence-electron chi connectivity index (χ0n) is 10.1. The van der Waals surface area contributed by atoms with Crippen LogP contribution in [0, 0.1) is 5.92 Å². The van der Waals surface area contributed by atoms with E-state index in [0.29, 0.717) is 19.5 Å². The molecule has 1 fully saturated rings. The Kier molecular flexibility index (Phi) is 3.78. The third-order valence-electron chi connectivity index (χ3n) is 2.80. The number of carboxylic acids is 1. The number of carbonyl (C=O) groups is 2. The maximum atomic E-state index is 11.6. The van der Waals surface area contributed by atoms with E-state index in [9.17, 15) is 9.59 Å². The molecule has 1 rings (SSSR count). The molecule has 16 heavy (non-hydrogen) atoms. The van der Waals surface area contributed by atoms with Crippen molar-refractivity contribution in [3.63, 3.8) is 0 Å². The van der Waals surface area contributed by atoms with Crippen LogP contribution in [0.2, 0.25) is 0 Å². The fraction of sp³-hybridized carbons (Fsp3) is 0.818. The zero-order chi connectivity index (χ0) is 12.3. The van der Waals surface area contributed by atoms with Gasteiger partial charge in [0.25, 0.3) is 0 Å². The van der Waals surface area contributed by atoms with Crippen LogP contribution < -0.4 is 5.32 Å². The van der Waals surface area contributed by atoms with Gasteiger partial charge in [0.05, 0.1) is 0 Å². The molecule has 1 atom stereocenters. The molecule has 0 bridgehead atoms. The lowest BCUT2D eigenvalue weighted by atomic mass is 9.97. The molecule has 0 saturated carbocycles. The number of carbonyl (C=O) groups excluding carboxylic acids is 1. The minimum absolute atomic E-state index is 0.0564. The predicted molar refractivity (Wildman–Crippen MR) is 60.2 cm³/mol. The number of aliphatic carboxylic acids is 1. The van der Waals surface area contributed by atoms with E-state index in [0.717, 1.165) is 0 Å². The molecule has 1 unspecified atom stereocenters. The van der Waals surface area contributed by atoms with Crippen molar-refractivity contribution in [2.24, 2.45) is 5.92 Å². The van der Waals surface area contributed by atoms with Crippen LogP contribution in [0.1, 0.15) is 33.6 Å². The Hall–Kier alpha value is -1.26. The highest BCUT2D eigenvalue weighted by Crippen LogP contribution is 2.20. The van der Waals surface area contributed by atoms with Gasteiger partial charge in [-0.15, -0.1) is 0 Å². The van der Waals surface area contributed by atoms with Crippen LogP contribution in [0.15, 0.2) is 0 Å². The number of nitrogens with one attached hydrogen (secondary N) is 1. The van der Waals surface area contributed by atoms with E-state index in [4.69, 9.17) is 5.11 Å². The molecular formula is C11H20N2O3. The Morgan fingerprint density at radius 3 is 2.69 bits per heavy atom. The van der Waals surface area contributed by atoms with Crippen molar-refractivity contribution in [2.45, 2.75) is 39.2 Å². The van der Waals surface area contributed by atoms with Gasteiger partial charge in [0.1, 0.15) is 0 Å². The van der Waals surface area contributed by atoms with Gasteiger partial charge in [-0.3, -0.25) is 4.79 Å². The molecule has 0 spiro atoms. The van der Waals surface area contributed by atoms with E-state index in [1.165, 1.54) is 0 Å². The number of nitrogens with zero attached hydrogens (tertiary/aromatic N) is 1. The summed E-state index contributed by atoms with van der Waals surface area (Å²) in [5.74, 6) is -0.549. The summed E-state index contributed by atoms with van der Waals surface area (Å²) in [7, 11) is 0. The van der Waals surface area contributed by atoms with Crippen molar-refractivity contribution in [3.05, 3.63) is 0 Å². The van der Waals surface area contributed by atoms with Gasteiger partial charge in [0, 0.05) is 25.0 Å². The minimum atomic E-state index is -0.779. The van der Waals surface area contributed by atoms with Crippen LogP contribution in [-0.2, 0) is 4.79 Å². The molecule has 1 saturated heterocycles. The van der Waals surface area contributed by atoms with E-state index in [2.05, 4.69) is 5.32 Å². The molecule has 92 valence electrons. The fourth-order valence-corrected chi connectivity index (χ4v) is 1.83. The zero-order valence-corrected chi connectivity index (χ0v) is 10.1. The smallest absolute Gasteiger partial charge is 0.317 e. The predicted octanol–water partition coefficient (Wildman–Crippen LogP) is 1.29. The van der Waals surface area contributed by atoms with Crippen molar-refractivity contribution in [3.8, 4) is 0 Å². The van der Waals surface area contributed by atoms with Crippen LogP contribution in [0.4, 0.5) is 4.79 Å². The highest BCUT2D eigenvalue weighted by atomic mass is 16.4. The molecule has 0 aliphatic carbocycles. The largest absolute Gasteiger partial charge is 0.481 e. The number of hydrogen-bond acceptors (Lipinski definition) is 2. The summed E-state index contributed by atoms with van der Waals surface area (Å²) in [5.41, 5.74) is -0.216. The monoisotopic (exact) mass is 228 g/mol. The summed E-state index contributed by atoms with van der Waals surface area (Å²) in [6.07, 6.45) is 0.778. The first-order valence-corrected chi connectivity index (χ1v) is 5.58. The van der Waals surface area contributed by atoms with Gasteiger partial charge in [-0.05, 0) is 33.1 Å². The van der Waals surface area contributed by atoms with E-state index >= 15 is 0 Å². The fourth-order valence-electron chi connectivity index (χ4n) is 1.83. The van der Waals surface area contributed by atoms with Crippen LogP contribution >= 0.6 is 0 Å². The lowest BCUT2D eigenvalue weighted by molar-refractivity contribution is -0.137.